The molecule has 0 saturated heterocycles. The summed E-state index contributed by atoms with van der Waals surface area (Å²) in [4.78, 5) is 11.6. The lowest BCUT2D eigenvalue weighted by Crippen LogP contribution is -1.95. The van der Waals surface area contributed by atoms with Gasteiger partial charge in [-0.2, -0.15) is 0 Å². The van der Waals surface area contributed by atoms with E-state index in [-0.39, 0.29) is 12.1 Å². The van der Waals surface area contributed by atoms with Crippen LogP contribution in [0.3, 0.4) is 0 Å². The third-order valence-electron chi connectivity index (χ3n) is 2.98. The standard InChI is InChI=1S/C16H12O2/c17-16-14-9-5-4-8-13(14)15(18-16)11-10-12-6-2-1-3-7-12/h1-11,15H/b11-10+. The van der Waals surface area contributed by atoms with Crippen molar-refractivity contribution in [2.75, 3.05) is 0 Å². The van der Waals surface area contributed by atoms with E-state index in [9.17, 15) is 4.79 Å². The van der Waals surface area contributed by atoms with Gasteiger partial charge in [0, 0.05) is 5.56 Å². The summed E-state index contributed by atoms with van der Waals surface area (Å²) in [6.07, 6.45) is 3.62. The highest BCUT2D eigenvalue weighted by Gasteiger charge is 2.28. The van der Waals surface area contributed by atoms with Crippen molar-refractivity contribution in [1.29, 1.82) is 0 Å². The van der Waals surface area contributed by atoms with Crippen molar-refractivity contribution in [3.8, 4) is 0 Å². The normalized spacial score (nSPS) is 17.8. The maximum absolute atomic E-state index is 11.6. The Kier molecular flexibility index (Phi) is 2.69. The minimum absolute atomic E-state index is 0.242. The summed E-state index contributed by atoms with van der Waals surface area (Å²) < 4.78 is 5.33. The van der Waals surface area contributed by atoms with Crippen molar-refractivity contribution < 1.29 is 9.53 Å². The molecule has 1 unspecified atom stereocenters. The summed E-state index contributed by atoms with van der Waals surface area (Å²) in [6, 6.07) is 17.5. The van der Waals surface area contributed by atoms with Gasteiger partial charge in [0.25, 0.3) is 0 Å². The smallest absolute Gasteiger partial charge is 0.339 e. The summed E-state index contributed by atoms with van der Waals surface area (Å²) in [5, 5.41) is 0. The molecule has 1 aliphatic rings. The lowest BCUT2D eigenvalue weighted by molar-refractivity contribution is 0.0468. The highest BCUT2D eigenvalue weighted by Crippen LogP contribution is 2.31. The van der Waals surface area contributed by atoms with Crippen LogP contribution in [-0.2, 0) is 4.74 Å². The highest BCUT2D eigenvalue weighted by atomic mass is 16.5. The molecule has 0 amide bonds. The van der Waals surface area contributed by atoms with Crippen LogP contribution >= 0.6 is 0 Å². The molecule has 2 aromatic carbocycles. The van der Waals surface area contributed by atoms with Crippen LogP contribution in [0, 0.1) is 0 Å². The van der Waals surface area contributed by atoms with E-state index in [4.69, 9.17) is 4.74 Å². The van der Waals surface area contributed by atoms with Crippen molar-refractivity contribution in [3.63, 3.8) is 0 Å². The Balaban J connectivity index is 1.88. The second-order valence-electron chi connectivity index (χ2n) is 4.18. The molecule has 0 spiro atoms. The first-order chi connectivity index (χ1) is 8.84. The fourth-order valence-corrected chi connectivity index (χ4v) is 2.08. The second kappa shape index (κ2) is 4.49. The first-order valence-corrected chi connectivity index (χ1v) is 5.88. The Morgan fingerprint density at radius 1 is 0.944 bits per heavy atom. The van der Waals surface area contributed by atoms with Crippen molar-refractivity contribution in [3.05, 3.63) is 77.4 Å². The molecule has 0 fully saturated rings. The molecule has 1 aliphatic heterocycles. The number of ether oxygens (including phenoxy) is 1. The van der Waals surface area contributed by atoms with Crippen LogP contribution in [0.2, 0.25) is 0 Å². The van der Waals surface area contributed by atoms with Gasteiger partial charge < -0.3 is 4.74 Å². The predicted molar refractivity (Wildman–Crippen MR) is 70.1 cm³/mol. The average molecular weight is 236 g/mol. The van der Waals surface area contributed by atoms with E-state index in [1.807, 2.05) is 60.7 Å². The van der Waals surface area contributed by atoms with Crippen molar-refractivity contribution in [2.24, 2.45) is 0 Å². The van der Waals surface area contributed by atoms with Gasteiger partial charge in [0.05, 0.1) is 5.56 Å². The lowest BCUT2D eigenvalue weighted by atomic mass is 10.0. The molecular formula is C16H12O2. The Labute approximate surface area is 106 Å². The SMILES string of the molecule is O=C1OC(/C=C/c2ccccc2)c2ccccc21. The quantitative estimate of drug-likeness (QED) is 0.744. The molecule has 2 aromatic rings. The summed E-state index contributed by atoms with van der Waals surface area (Å²) in [6.45, 7) is 0. The van der Waals surface area contributed by atoms with Crippen LogP contribution in [-0.4, -0.2) is 5.97 Å². The van der Waals surface area contributed by atoms with Gasteiger partial charge in [-0.15, -0.1) is 0 Å². The molecular weight excluding hydrogens is 224 g/mol. The third-order valence-corrected chi connectivity index (χ3v) is 2.98. The van der Waals surface area contributed by atoms with E-state index in [1.54, 1.807) is 6.07 Å². The number of rotatable bonds is 2. The van der Waals surface area contributed by atoms with Crippen LogP contribution in [0.25, 0.3) is 6.08 Å². The number of esters is 1. The number of hydrogen-bond donors (Lipinski definition) is 0. The zero-order valence-corrected chi connectivity index (χ0v) is 9.74. The number of carbonyl (C=O) groups excluding carboxylic acids is 1. The number of carbonyl (C=O) groups is 1. The zero-order chi connectivity index (χ0) is 12.4. The first kappa shape index (κ1) is 10.8. The van der Waals surface area contributed by atoms with E-state index in [2.05, 4.69) is 0 Å². The first-order valence-electron chi connectivity index (χ1n) is 5.88. The van der Waals surface area contributed by atoms with Crippen LogP contribution in [0.15, 0.2) is 60.7 Å². The van der Waals surface area contributed by atoms with E-state index in [1.165, 1.54) is 0 Å². The highest BCUT2D eigenvalue weighted by molar-refractivity contribution is 5.94. The maximum atomic E-state index is 11.6. The molecule has 0 bridgehead atoms. The summed E-state index contributed by atoms with van der Waals surface area (Å²) in [5.41, 5.74) is 2.70. The molecule has 18 heavy (non-hydrogen) atoms. The van der Waals surface area contributed by atoms with Crippen LogP contribution in [0.4, 0.5) is 0 Å². The number of cyclic esters (lactones) is 1. The minimum Gasteiger partial charge on any atom is -0.450 e. The number of fused-ring (bicyclic) bond motifs is 1. The zero-order valence-electron chi connectivity index (χ0n) is 9.74. The van der Waals surface area contributed by atoms with E-state index in [0.29, 0.717) is 5.56 Å². The molecule has 1 atom stereocenters. The second-order valence-corrected chi connectivity index (χ2v) is 4.18. The predicted octanol–water partition coefficient (Wildman–Crippen LogP) is 3.61. The van der Waals surface area contributed by atoms with E-state index >= 15 is 0 Å². The average Bonchev–Trinajstić information content (AvgIpc) is 2.75. The summed E-state index contributed by atoms with van der Waals surface area (Å²) >= 11 is 0. The monoisotopic (exact) mass is 236 g/mol. The third kappa shape index (κ3) is 1.93. The summed E-state index contributed by atoms with van der Waals surface area (Å²) in [7, 11) is 0. The fourth-order valence-electron chi connectivity index (χ4n) is 2.08. The minimum atomic E-state index is -0.270. The van der Waals surface area contributed by atoms with Crippen LogP contribution in [0.1, 0.15) is 27.6 Å². The Morgan fingerprint density at radius 3 is 2.50 bits per heavy atom. The molecule has 0 N–H and O–H groups in total. The van der Waals surface area contributed by atoms with Gasteiger partial charge in [0.1, 0.15) is 6.10 Å². The van der Waals surface area contributed by atoms with E-state index < -0.39 is 0 Å². The van der Waals surface area contributed by atoms with Gasteiger partial charge >= 0.3 is 5.97 Å². The van der Waals surface area contributed by atoms with Crippen LogP contribution in [0.5, 0.6) is 0 Å². The van der Waals surface area contributed by atoms with Crippen LogP contribution < -0.4 is 0 Å². The molecule has 1 heterocycles. The fraction of sp³-hybridized carbons (Fsp3) is 0.0625. The number of benzene rings is 2. The van der Waals surface area contributed by atoms with Gasteiger partial charge in [-0.3, -0.25) is 0 Å². The molecule has 0 saturated carbocycles. The molecule has 0 aromatic heterocycles. The lowest BCUT2D eigenvalue weighted by Gasteiger charge is -2.04. The molecule has 3 rings (SSSR count). The Morgan fingerprint density at radius 2 is 1.67 bits per heavy atom. The Bertz CT molecular complexity index is 600. The van der Waals surface area contributed by atoms with Crippen molar-refractivity contribution in [1.82, 2.24) is 0 Å². The van der Waals surface area contributed by atoms with E-state index in [0.717, 1.165) is 11.1 Å². The van der Waals surface area contributed by atoms with Gasteiger partial charge in [-0.05, 0) is 17.7 Å². The molecule has 2 heteroatoms. The maximum Gasteiger partial charge on any atom is 0.339 e. The largest absolute Gasteiger partial charge is 0.450 e. The van der Waals surface area contributed by atoms with Gasteiger partial charge in [-0.25, -0.2) is 4.79 Å². The van der Waals surface area contributed by atoms with Gasteiger partial charge in [0.2, 0.25) is 0 Å². The molecule has 0 radical (unpaired) electrons. The summed E-state index contributed by atoms with van der Waals surface area (Å²) in [5.74, 6) is -0.242. The topological polar surface area (TPSA) is 26.3 Å². The van der Waals surface area contributed by atoms with Gasteiger partial charge in [0.15, 0.2) is 0 Å². The van der Waals surface area contributed by atoms with Gasteiger partial charge in [-0.1, -0.05) is 54.6 Å². The molecule has 2 nitrogen and oxygen atoms in total. The molecule has 88 valence electrons. The Hall–Kier alpha value is -2.35. The van der Waals surface area contributed by atoms with Crippen molar-refractivity contribution >= 4 is 12.0 Å². The molecule has 0 aliphatic carbocycles. The number of hydrogen-bond acceptors (Lipinski definition) is 2. The van der Waals surface area contributed by atoms with Crippen molar-refractivity contribution in [2.45, 2.75) is 6.10 Å².